The fourth-order valence-electron chi connectivity index (χ4n) is 3.12. The smallest absolute Gasteiger partial charge is 0.260 e. The number of halogens is 3. The SMILES string of the molecule is COc1cc(/C=C2\SC(Nc3ccccc3F)NC2=O)ccc1OCc1ccc(Cl)c(Cl)c1. The summed E-state index contributed by atoms with van der Waals surface area (Å²) in [6, 6.07) is 17.0. The molecule has 1 unspecified atom stereocenters. The molecule has 1 heterocycles. The summed E-state index contributed by atoms with van der Waals surface area (Å²) in [7, 11) is 1.55. The number of thioether (sulfide) groups is 1. The molecule has 3 aromatic rings. The van der Waals surface area contributed by atoms with Crippen LogP contribution in [0.25, 0.3) is 6.08 Å². The quantitative estimate of drug-likeness (QED) is 0.368. The number of rotatable bonds is 7. The number of anilines is 1. The zero-order valence-corrected chi connectivity index (χ0v) is 19.7. The van der Waals surface area contributed by atoms with E-state index in [1.165, 1.54) is 17.8 Å². The van der Waals surface area contributed by atoms with Crippen LogP contribution in [0.2, 0.25) is 10.0 Å². The van der Waals surface area contributed by atoms with Gasteiger partial charge in [-0.15, -0.1) is 0 Å². The lowest BCUT2D eigenvalue weighted by molar-refractivity contribution is -0.116. The lowest BCUT2D eigenvalue weighted by Gasteiger charge is -2.13. The van der Waals surface area contributed by atoms with Gasteiger partial charge in [-0.05, 0) is 53.6 Å². The van der Waals surface area contributed by atoms with E-state index in [9.17, 15) is 9.18 Å². The number of hydrogen-bond acceptors (Lipinski definition) is 5. The first kappa shape index (κ1) is 23.3. The number of carbonyl (C=O) groups excluding carboxylic acids is 1. The molecule has 4 rings (SSSR count). The normalized spacial score (nSPS) is 16.5. The van der Waals surface area contributed by atoms with Crippen molar-refractivity contribution in [2.45, 2.75) is 12.1 Å². The molecule has 0 bridgehead atoms. The van der Waals surface area contributed by atoms with Crippen molar-refractivity contribution in [1.29, 1.82) is 0 Å². The maximum absolute atomic E-state index is 13.9. The minimum absolute atomic E-state index is 0.243. The Morgan fingerprint density at radius 2 is 1.91 bits per heavy atom. The van der Waals surface area contributed by atoms with Crippen LogP contribution in [0, 0.1) is 5.82 Å². The molecule has 1 atom stereocenters. The average Bonchev–Trinajstić information content (AvgIpc) is 3.15. The highest BCUT2D eigenvalue weighted by atomic mass is 35.5. The fraction of sp³-hybridized carbons (Fsp3) is 0.125. The molecule has 1 amide bonds. The van der Waals surface area contributed by atoms with Crippen molar-refractivity contribution >= 4 is 52.6 Å². The second kappa shape index (κ2) is 10.4. The van der Waals surface area contributed by atoms with Crippen molar-refractivity contribution in [3.05, 3.63) is 92.6 Å². The Balaban J connectivity index is 1.45. The van der Waals surface area contributed by atoms with E-state index in [1.807, 2.05) is 12.1 Å². The van der Waals surface area contributed by atoms with E-state index in [0.29, 0.717) is 32.1 Å². The second-order valence-corrected chi connectivity index (χ2v) is 9.01. The molecule has 1 fully saturated rings. The van der Waals surface area contributed by atoms with Gasteiger partial charge in [0.25, 0.3) is 5.91 Å². The molecule has 9 heteroatoms. The van der Waals surface area contributed by atoms with Gasteiger partial charge in [0.2, 0.25) is 0 Å². The maximum atomic E-state index is 13.9. The zero-order valence-electron chi connectivity index (χ0n) is 17.4. The minimum Gasteiger partial charge on any atom is -0.493 e. The molecule has 2 N–H and O–H groups in total. The predicted octanol–water partition coefficient (Wildman–Crippen LogP) is 6.32. The van der Waals surface area contributed by atoms with Crippen molar-refractivity contribution in [2.75, 3.05) is 12.4 Å². The molecule has 170 valence electrons. The summed E-state index contributed by atoms with van der Waals surface area (Å²) in [5, 5.41) is 6.71. The van der Waals surface area contributed by atoms with Gasteiger partial charge < -0.3 is 20.1 Å². The summed E-state index contributed by atoms with van der Waals surface area (Å²) in [5.41, 5.74) is 1.47. The Labute approximate surface area is 204 Å². The molecule has 3 aromatic carbocycles. The number of hydrogen-bond donors (Lipinski definition) is 2. The summed E-state index contributed by atoms with van der Waals surface area (Å²) in [4.78, 5) is 12.9. The van der Waals surface area contributed by atoms with Crippen LogP contribution in [0.15, 0.2) is 65.6 Å². The molecule has 5 nitrogen and oxygen atoms in total. The van der Waals surface area contributed by atoms with Crippen molar-refractivity contribution in [1.82, 2.24) is 5.32 Å². The monoisotopic (exact) mass is 504 g/mol. The Hall–Kier alpha value is -2.87. The van der Waals surface area contributed by atoms with Gasteiger partial charge in [0.15, 0.2) is 17.0 Å². The Morgan fingerprint density at radius 3 is 2.67 bits per heavy atom. The van der Waals surface area contributed by atoms with Crippen LogP contribution in [-0.2, 0) is 11.4 Å². The number of benzene rings is 3. The third-order valence-electron chi connectivity index (χ3n) is 4.76. The van der Waals surface area contributed by atoms with E-state index in [0.717, 1.165) is 11.1 Å². The maximum Gasteiger partial charge on any atom is 0.260 e. The van der Waals surface area contributed by atoms with Crippen LogP contribution in [0.5, 0.6) is 11.5 Å². The van der Waals surface area contributed by atoms with Gasteiger partial charge in [0.1, 0.15) is 12.4 Å². The Morgan fingerprint density at radius 1 is 1.09 bits per heavy atom. The molecule has 33 heavy (non-hydrogen) atoms. The second-order valence-electron chi connectivity index (χ2n) is 7.05. The first-order chi connectivity index (χ1) is 15.9. The highest BCUT2D eigenvalue weighted by Gasteiger charge is 2.27. The van der Waals surface area contributed by atoms with E-state index in [4.69, 9.17) is 32.7 Å². The van der Waals surface area contributed by atoms with E-state index in [1.54, 1.807) is 55.7 Å². The number of carbonyl (C=O) groups is 1. The summed E-state index contributed by atoms with van der Waals surface area (Å²) in [5.74, 6) is 0.445. The molecule has 0 aromatic heterocycles. The largest absolute Gasteiger partial charge is 0.493 e. The number of nitrogens with one attached hydrogen (secondary N) is 2. The predicted molar refractivity (Wildman–Crippen MR) is 131 cm³/mol. The van der Waals surface area contributed by atoms with Crippen LogP contribution in [0.3, 0.4) is 0 Å². The standard InChI is InChI=1S/C24H19Cl2FN2O3S/c1-31-21-11-14(7-9-20(21)32-13-15-6-8-16(25)17(26)10-15)12-22-23(30)29-24(33-22)28-19-5-3-2-4-18(19)27/h2-12,24,28H,13H2,1H3,(H,29,30)/b22-12-. The highest BCUT2D eigenvalue weighted by Crippen LogP contribution is 2.34. The molecule has 0 saturated carbocycles. The molecule has 1 saturated heterocycles. The van der Waals surface area contributed by atoms with Gasteiger partial charge >= 0.3 is 0 Å². The van der Waals surface area contributed by atoms with Crippen molar-refractivity contribution < 1.29 is 18.7 Å². The zero-order chi connectivity index (χ0) is 23.4. The summed E-state index contributed by atoms with van der Waals surface area (Å²) >= 11 is 13.3. The van der Waals surface area contributed by atoms with Gasteiger partial charge in [-0.1, -0.05) is 59.2 Å². The van der Waals surface area contributed by atoms with E-state index in [-0.39, 0.29) is 18.3 Å². The van der Waals surface area contributed by atoms with Gasteiger partial charge in [-0.25, -0.2) is 4.39 Å². The van der Waals surface area contributed by atoms with Crippen LogP contribution in [0.4, 0.5) is 10.1 Å². The van der Waals surface area contributed by atoms with Crippen molar-refractivity contribution in [3.63, 3.8) is 0 Å². The summed E-state index contributed by atoms with van der Waals surface area (Å²) in [6.07, 6.45) is 1.74. The Kier molecular flexibility index (Phi) is 7.33. The van der Waals surface area contributed by atoms with E-state index >= 15 is 0 Å². The third-order valence-corrected chi connectivity index (χ3v) is 6.52. The number of para-hydroxylation sites is 1. The lowest BCUT2D eigenvalue weighted by Crippen LogP contribution is -2.31. The van der Waals surface area contributed by atoms with Gasteiger partial charge in [0, 0.05) is 0 Å². The number of methoxy groups -OCH3 is 1. The topological polar surface area (TPSA) is 59.6 Å². The van der Waals surface area contributed by atoms with Crippen molar-refractivity contribution in [3.8, 4) is 11.5 Å². The molecule has 0 aliphatic carbocycles. The highest BCUT2D eigenvalue weighted by molar-refractivity contribution is 8.05. The van der Waals surface area contributed by atoms with Crippen LogP contribution in [0.1, 0.15) is 11.1 Å². The lowest BCUT2D eigenvalue weighted by atomic mass is 10.2. The van der Waals surface area contributed by atoms with Crippen LogP contribution >= 0.6 is 35.0 Å². The third kappa shape index (κ3) is 5.74. The summed E-state index contributed by atoms with van der Waals surface area (Å²) < 4.78 is 25.2. The fourth-order valence-corrected chi connectivity index (χ4v) is 4.42. The average molecular weight is 505 g/mol. The van der Waals surface area contributed by atoms with Crippen LogP contribution in [-0.4, -0.2) is 18.5 Å². The van der Waals surface area contributed by atoms with Gasteiger partial charge in [-0.3, -0.25) is 4.79 Å². The van der Waals surface area contributed by atoms with Crippen LogP contribution < -0.4 is 20.1 Å². The number of ether oxygens (including phenoxy) is 2. The molecular formula is C24H19Cl2FN2O3S. The van der Waals surface area contributed by atoms with Crippen molar-refractivity contribution in [2.24, 2.45) is 0 Å². The first-order valence-electron chi connectivity index (χ1n) is 9.88. The molecule has 0 radical (unpaired) electrons. The number of amides is 1. The molecule has 0 spiro atoms. The Bertz CT molecular complexity index is 1220. The molecular weight excluding hydrogens is 486 g/mol. The summed E-state index contributed by atoms with van der Waals surface area (Å²) in [6.45, 7) is 0.287. The van der Waals surface area contributed by atoms with E-state index < -0.39 is 5.50 Å². The molecule has 1 aliphatic heterocycles. The van der Waals surface area contributed by atoms with Gasteiger partial charge in [-0.2, -0.15) is 0 Å². The molecule has 1 aliphatic rings. The van der Waals surface area contributed by atoms with E-state index in [2.05, 4.69) is 10.6 Å². The minimum atomic E-state index is -0.476. The van der Waals surface area contributed by atoms with Gasteiger partial charge in [0.05, 0.1) is 27.7 Å². The first-order valence-corrected chi connectivity index (χ1v) is 11.5.